The summed E-state index contributed by atoms with van der Waals surface area (Å²) in [4.78, 5) is 28.6. The molecule has 40 heavy (non-hydrogen) atoms. The van der Waals surface area contributed by atoms with Crippen LogP contribution in [0, 0.1) is 6.92 Å². The van der Waals surface area contributed by atoms with Crippen LogP contribution in [0.3, 0.4) is 0 Å². The molecular weight excluding hydrogens is 550 g/mol. The number of benzene rings is 3. The first-order valence-corrected chi connectivity index (χ1v) is 14.9. The van der Waals surface area contributed by atoms with Crippen LogP contribution in [0.5, 0.6) is 5.75 Å². The third-order valence-electron chi connectivity index (χ3n) is 6.68. The fourth-order valence-electron chi connectivity index (χ4n) is 4.09. The lowest BCUT2D eigenvalue weighted by Crippen LogP contribution is -2.52. The maximum Gasteiger partial charge on any atom is 0.264 e. The Morgan fingerprint density at radius 2 is 1.65 bits per heavy atom. The zero-order valence-corrected chi connectivity index (χ0v) is 25.0. The number of nitrogens with one attached hydrogen (secondary N) is 1. The number of amides is 2. The predicted octanol–water partition coefficient (Wildman–Crippen LogP) is 5.18. The molecule has 0 aromatic heterocycles. The van der Waals surface area contributed by atoms with Gasteiger partial charge in [-0.1, -0.05) is 61.0 Å². The minimum Gasteiger partial charge on any atom is -0.495 e. The lowest BCUT2D eigenvalue weighted by atomic mass is 10.1. The van der Waals surface area contributed by atoms with Crippen molar-refractivity contribution in [1.29, 1.82) is 0 Å². The predicted molar refractivity (Wildman–Crippen MR) is 158 cm³/mol. The zero-order valence-electron chi connectivity index (χ0n) is 23.4. The van der Waals surface area contributed by atoms with Crippen LogP contribution < -0.4 is 14.4 Å². The highest BCUT2D eigenvalue weighted by molar-refractivity contribution is 7.92. The SMILES string of the molecule is CC[C@H](C)NC(=O)[C@H](C)N(Cc1ccccc1Cl)C(=O)CN(c1cc(C)ccc1OC)S(=O)(=O)c1ccccc1. The van der Waals surface area contributed by atoms with E-state index in [-0.39, 0.29) is 34.8 Å². The molecule has 0 fully saturated rings. The van der Waals surface area contributed by atoms with Gasteiger partial charge in [0, 0.05) is 17.6 Å². The first kappa shape index (κ1) is 31.0. The van der Waals surface area contributed by atoms with Crippen molar-refractivity contribution in [1.82, 2.24) is 10.2 Å². The summed E-state index contributed by atoms with van der Waals surface area (Å²) in [6.45, 7) is 6.71. The summed E-state index contributed by atoms with van der Waals surface area (Å²) in [5.74, 6) is -0.631. The van der Waals surface area contributed by atoms with Gasteiger partial charge < -0.3 is 15.0 Å². The summed E-state index contributed by atoms with van der Waals surface area (Å²) in [5.41, 5.74) is 1.63. The number of halogens is 1. The van der Waals surface area contributed by atoms with Crippen molar-refractivity contribution in [2.45, 2.75) is 57.6 Å². The number of carbonyl (C=O) groups is 2. The number of nitrogens with zero attached hydrogens (tertiary/aromatic N) is 2. The van der Waals surface area contributed by atoms with Gasteiger partial charge in [0.2, 0.25) is 11.8 Å². The van der Waals surface area contributed by atoms with E-state index in [1.807, 2.05) is 20.8 Å². The Hall–Kier alpha value is -3.56. The van der Waals surface area contributed by atoms with Crippen molar-refractivity contribution in [3.8, 4) is 5.75 Å². The van der Waals surface area contributed by atoms with Gasteiger partial charge in [-0.15, -0.1) is 0 Å². The van der Waals surface area contributed by atoms with E-state index in [1.165, 1.54) is 24.1 Å². The minimum absolute atomic E-state index is 0.0117. The van der Waals surface area contributed by atoms with Gasteiger partial charge in [-0.3, -0.25) is 13.9 Å². The molecule has 3 aromatic carbocycles. The molecule has 3 rings (SSSR count). The molecule has 0 aliphatic carbocycles. The summed E-state index contributed by atoms with van der Waals surface area (Å²) < 4.78 is 34.5. The number of methoxy groups -OCH3 is 1. The van der Waals surface area contributed by atoms with Gasteiger partial charge in [0.25, 0.3) is 10.0 Å². The van der Waals surface area contributed by atoms with Crippen LogP contribution in [0.2, 0.25) is 5.02 Å². The van der Waals surface area contributed by atoms with Gasteiger partial charge >= 0.3 is 0 Å². The van der Waals surface area contributed by atoms with Crippen molar-refractivity contribution < 1.29 is 22.7 Å². The standard InChI is InChI=1S/C30H36ClN3O5S/c1-6-22(3)32-30(36)23(4)33(19-24-12-10-11-15-26(24)31)29(35)20-34(27-18-21(2)16-17-28(27)39-5)40(37,38)25-13-8-7-9-14-25/h7-18,22-23H,6,19-20H2,1-5H3,(H,32,36)/t22-,23-/m0/s1. The van der Waals surface area contributed by atoms with Crippen molar-refractivity contribution in [2.75, 3.05) is 18.0 Å². The average molecular weight is 586 g/mol. The van der Waals surface area contributed by atoms with Crippen LogP contribution in [0.4, 0.5) is 5.69 Å². The summed E-state index contributed by atoms with van der Waals surface area (Å²) in [6.07, 6.45) is 0.715. The summed E-state index contributed by atoms with van der Waals surface area (Å²) in [5, 5.41) is 3.35. The van der Waals surface area contributed by atoms with Crippen LogP contribution in [-0.2, 0) is 26.2 Å². The molecular formula is C30H36ClN3O5S. The van der Waals surface area contributed by atoms with Crippen molar-refractivity contribution in [2.24, 2.45) is 0 Å². The third kappa shape index (κ3) is 7.34. The van der Waals surface area contributed by atoms with E-state index < -0.39 is 28.5 Å². The number of aryl methyl sites for hydroxylation is 1. The van der Waals surface area contributed by atoms with Gasteiger partial charge in [-0.2, -0.15) is 0 Å². The number of anilines is 1. The van der Waals surface area contributed by atoms with Crippen LogP contribution in [-0.4, -0.2) is 50.9 Å². The average Bonchev–Trinajstić information content (AvgIpc) is 2.95. The van der Waals surface area contributed by atoms with Crippen molar-refractivity contribution >= 4 is 39.1 Å². The Bertz CT molecular complexity index is 1430. The quantitative estimate of drug-likeness (QED) is 0.316. The first-order chi connectivity index (χ1) is 19.0. The molecule has 0 saturated carbocycles. The monoisotopic (exact) mass is 585 g/mol. The normalized spacial score (nSPS) is 12.8. The Labute approximate surface area is 241 Å². The van der Waals surface area contributed by atoms with Gasteiger partial charge in [-0.05, 0) is 68.7 Å². The molecule has 0 aliphatic rings. The number of carbonyl (C=O) groups excluding carboxylic acids is 2. The zero-order chi connectivity index (χ0) is 29.4. The van der Waals surface area contributed by atoms with Gasteiger partial charge in [-0.25, -0.2) is 8.42 Å². The van der Waals surface area contributed by atoms with Gasteiger partial charge in [0.05, 0.1) is 17.7 Å². The second-order valence-electron chi connectivity index (χ2n) is 9.61. The fourth-order valence-corrected chi connectivity index (χ4v) is 5.72. The van der Waals surface area contributed by atoms with Crippen LogP contribution in [0.1, 0.15) is 38.3 Å². The largest absolute Gasteiger partial charge is 0.495 e. The number of hydrogen-bond donors (Lipinski definition) is 1. The van der Waals surface area contributed by atoms with Crippen molar-refractivity contribution in [3.63, 3.8) is 0 Å². The molecule has 3 aromatic rings. The van der Waals surface area contributed by atoms with E-state index in [1.54, 1.807) is 67.6 Å². The molecule has 0 saturated heterocycles. The fraction of sp³-hybridized carbons (Fsp3) is 0.333. The maximum absolute atomic E-state index is 14.1. The molecule has 0 radical (unpaired) electrons. The molecule has 10 heteroatoms. The Morgan fingerprint density at radius 3 is 2.27 bits per heavy atom. The van der Waals surface area contributed by atoms with Crippen LogP contribution >= 0.6 is 11.6 Å². The van der Waals surface area contributed by atoms with E-state index in [9.17, 15) is 18.0 Å². The number of ether oxygens (including phenoxy) is 1. The summed E-state index contributed by atoms with van der Waals surface area (Å²) >= 11 is 6.41. The molecule has 0 aliphatic heterocycles. The van der Waals surface area contributed by atoms with E-state index in [2.05, 4.69) is 5.32 Å². The maximum atomic E-state index is 14.1. The lowest BCUT2D eigenvalue weighted by molar-refractivity contribution is -0.139. The number of rotatable bonds is 12. The highest BCUT2D eigenvalue weighted by atomic mass is 35.5. The van der Waals surface area contributed by atoms with Crippen LogP contribution in [0.15, 0.2) is 77.7 Å². The first-order valence-electron chi connectivity index (χ1n) is 13.0. The van der Waals surface area contributed by atoms with E-state index in [0.717, 1.165) is 9.87 Å². The number of hydrogen-bond acceptors (Lipinski definition) is 5. The van der Waals surface area contributed by atoms with E-state index in [0.29, 0.717) is 17.0 Å². The second kappa shape index (κ2) is 13.7. The Kier molecular flexibility index (Phi) is 10.6. The summed E-state index contributed by atoms with van der Waals surface area (Å²) in [7, 11) is -2.76. The third-order valence-corrected chi connectivity index (χ3v) is 8.82. The van der Waals surface area contributed by atoms with Crippen LogP contribution in [0.25, 0.3) is 0 Å². The highest BCUT2D eigenvalue weighted by Crippen LogP contribution is 2.34. The minimum atomic E-state index is -4.20. The smallest absolute Gasteiger partial charge is 0.264 e. The van der Waals surface area contributed by atoms with Gasteiger partial charge in [0.1, 0.15) is 18.3 Å². The second-order valence-corrected chi connectivity index (χ2v) is 11.9. The molecule has 2 amide bonds. The van der Waals surface area contributed by atoms with E-state index >= 15 is 0 Å². The van der Waals surface area contributed by atoms with Gasteiger partial charge in [0.15, 0.2) is 0 Å². The molecule has 8 nitrogen and oxygen atoms in total. The molecule has 214 valence electrons. The Balaban J connectivity index is 2.09. The molecule has 1 N–H and O–H groups in total. The highest BCUT2D eigenvalue weighted by Gasteiger charge is 2.34. The molecule has 2 atom stereocenters. The topological polar surface area (TPSA) is 96.0 Å². The number of sulfonamides is 1. The molecule has 0 unspecified atom stereocenters. The van der Waals surface area contributed by atoms with Crippen molar-refractivity contribution in [3.05, 3.63) is 88.9 Å². The Morgan fingerprint density at radius 1 is 1.00 bits per heavy atom. The lowest BCUT2D eigenvalue weighted by Gasteiger charge is -2.33. The van der Waals surface area contributed by atoms with E-state index in [4.69, 9.17) is 16.3 Å². The summed E-state index contributed by atoms with van der Waals surface area (Å²) in [6, 6.07) is 19.0. The molecule has 0 heterocycles. The molecule has 0 bridgehead atoms. The molecule has 0 spiro atoms.